The van der Waals surface area contributed by atoms with Crippen LogP contribution in [-0.4, -0.2) is 20.7 Å². The zero-order chi connectivity index (χ0) is 23.9. The van der Waals surface area contributed by atoms with Gasteiger partial charge in [-0.15, -0.1) is 0 Å². The van der Waals surface area contributed by atoms with Gasteiger partial charge in [0.15, 0.2) is 5.58 Å². The number of hydrogen-bond acceptors (Lipinski definition) is 7. The predicted octanol–water partition coefficient (Wildman–Crippen LogP) is 6.29. The lowest BCUT2D eigenvalue weighted by atomic mass is 10.1. The number of aromatic nitrogens is 1. The molecule has 0 aliphatic heterocycles. The normalized spacial score (nSPS) is 10.9. The van der Waals surface area contributed by atoms with Crippen molar-refractivity contribution in [3.8, 4) is 11.5 Å². The van der Waals surface area contributed by atoms with Gasteiger partial charge in [-0.2, -0.15) is 0 Å². The van der Waals surface area contributed by atoms with Gasteiger partial charge in [0.05, 0.1) is 26.0 Å². The number of oxazole rings is 1. The van der Waals surface area contributed by atoms with E-state index in [-0.39, 0.29) is 17.0 Å². The minimum atomic E-state index is -0.769. The highest BCUT2D eigenvalue weighted by molar-refractivity contribution is 9.10. The molecule has 1 aromatic heterocycles. The Balaban J connectivity index is 1.67. The van der Waals surface area contributed by atoms with Gasteiger partial charge in [0.1, 0.15) is 11.1 Å². The Kier molecular flexibility index (Phi) is 5.83. The van der Waals surface area contributed by atoms with Crippen LogP contribution in [0.3, 0.4) is 0 Å². The summed E-state index contributed by atoms with van der Waals surface area (Å²) in [6.45, 7) is 1.26. The number of nitrogens with one attached hydrogen (secondary N) is 1. The number of rotatable bonds is 5. The number of nitro benzene ring substituents is 2. The number of benzene rings is 3. The molecule has 0 unspecified atom stereocenters. The van der Waals surface area contributed by atoms with Crippen molar-refractivity contribution >= 4 is 61.6 Å². The minimum absolute atomic E-state index is 0.135. The Morgan fingerprint density at radius 2 is 1.73 bits per heavy atom. The van der Waals surface area contributed by atoms with Crippen LogP contribution in [0.2, 0.25) is 5.02 Å². The molecule has 166 valence electrons. The second-order valence-electron chi connectivity index (χ2n) is 6.93. The first-order valence-corrected chi connectivity index (χ1v) is 10.4. The number of halogens is 2. The molecule has 4 rings (SSSR count). The highest BCUT2D eigenvalue weighted by Crippen LogP contribution is 2.33. The standard InChI is InChI=1S/C21H12BrClN4O6/c1-10-17(26(29)30)6-11(7-18(10)27(31)32)20(28)24-13-3-5-19-16(9-13)25-21(33-19)14-8-12(22)2-4-15(14)23/h2-9H,1H3,(H,24,28). The molecule has 33 heavy (non-hydrogen) atoms. The molecular weight excluding hydrogens is 520 g/mol. The van der Waals surface area contributed by atoms with Crippen LogP contribution < -0.4 is 5.32 Å². The van der Waals surface area contributed by atoms with Crippen LogP contribution in [-0.2, 0) is 0 Å². The third-order valence-electron chi connectivity index (χ3n) is 4.81. The highest BCUT2D eigenvalue weighted by atomic mass is 79.9. The summed E-state index contributed by atoms with van der Waals surface area (Å²) in [4.78, 5) is 38.1. The molecule has 0 radical (unpaired) electrons. The van der Waals surface area contributed by atoms with Crippen molar-refractivity contribution in [2.75, 3.05) is 5.32 Å². The van der Waals surface area contributed by atoms with E-state index in [1.165, 1.54) is 6.92 Å². The maximum atomic E-state index is 12.7. The van der Waals surface area contributed by atoms with Gasteiger partial charge < -0.3 is 9.73 Å². The first-order valence-electron chi connectivity index (χ1n) is 9.25. The first kappa shape index (κ1) is 22.4. The number of carbonyl (C=O) groups is 1. The van der Waals surface area contributed by atoms with Gasteiger partial charge in [-0.1, -0.05) is 27.5 Å². The molecule has 4 aromatic rings. The van der Waals surface area contributed by atoms with Gasteiger partial charge in [-0.3, -0.25) is 25.0 Å². The van der Waals surface area contributed by atoms with Gasteiger partial charge in [0.25, 0.3) is 17.3 Å². The molecule has 1 N–H and O–H groups in total. The molecule has 10 nitrogen and oxygen atoms in total. The Bertz CT molecular complexity index is 1430. The quantitative estimate of drug-likeness (QED) is 0.236. The van der Waals surface area contributed by atoms with E-state index < -0.39 is 27.1 Å². The van der Waals surface area contributed by atoms with Crippen molar-refractivity contribution < 1.29 is 19.1 Å². The lowest BCUT2D eigenvalue weighted by Crippen LogP contribution is -2.13. The van der Waals surface area contributed by atoms with Crippen molar-refractivity contribution in [1.29, 1.82) is 0 Å². The van der Waals surface area contributed by atoms with E-state index >= 15 is 0 Å². The van der Waals surface area contributed by atoms with Crippen LogP contribution in [0.1, 0.15) is 15.9 Å². The largest absolute Gasteiger partial charge is 0.436 e. The van der Waals surface area contributed by atoms with Crippen LogP contribution in [0.4, 0.5) is 17.1 Å². The van der Waals surface area contributed by atoms with Gasteiger partial charge in [0.2, 0.25) is 5.89 Å². The average molecular weight is 532 g/mol. The van der Waals surface area contributed by atoms with Crippen LogP contribution in [0, 0.1) is 27.2 Å². The van der Waals surface area contributed by atoms with E-state index in [1.54, 1.807) is 36.4 Å². The number of carbonyl (C=O) groups excluding carboxylic acids is 1. The summed E-state index contributed by atoms with van der Waals surface area (Å²) in [5.74, 6) is -0.469. The van der Waals surface area contributed by atoms with Gasteiger partial charge in [0, 0.05) is 22.3 Å². The van der Waals surface area contributed by atoms with Crippen LogP contribution in [0.15, 0.2) is 57.4 Å². The lowest BCUT2D eigenvalue weighted by molar-refractivity contribution is -0.395. The Morgan fingerprint density at radius 3 is 2.36 bits per heavy atom. The molecule has 0 atom stereocenters. The van der Waals surface area contributed by atoms with Crippen LogP contribution >= 0.6 is 27.5 Å². The number of nitrogens with zero attached hydrogens (tertiary/aromatic N) is 3. The third kappa shape index (κ3) is 4.41. The molecule has 0 spiro atoms. The predicted molar refractivity (Wildman–Crippen MR) is 125 cm³/mol. The zero-order valence-electron chi connectivity index (χ0n) is 16.7. The summed E-state index contributed by atoms with van der Waals surface area (Å²) < 4.78 is 6.54. The smallest absolute Gasteiger partial charge is 0.279 e. The summed E-state index contributed by atoms with van der Waals surface area (Å²) in [7, 11) is 0. The van der Waals surface area contributed by atoms with Crippen LogP contribution in [0.5, 0.6) is 0 Å². The van der Waals surface area contributed by atoms with Crippen LogP contribution in [0.25, 0.3) is 22.6 Å². The first-order chi connectivity index (χ1) is 15.6. The van der Waals surface area contributed by atoms with E-state index in [4.69, 9.17) is 16.0 Å². The van der Waals surface area contributed by atoms with E-state index in [0.717, 1.165) is 16.6 Å². The fraction of sp³-hybridized carbons (Fsp3) is 0.0476. The summed E-state index contributed by atoms with van der Waals surface area (Å²) >= 11 is 9.60. The maximum absolute atomic E-state index is 12.7. The topological polar surface area (TPSA) is 141 Å². The number of nitro groups is 2. The van der Waals surface area contributed by atoms with Crippen molar-refractivity contribution in [1.82, 2.24) is 4.98 Å². The van der Waals surface area contributed by atoms with Crippen molar-refractivity contribution in [2.45, 2.75) is 6.92 Å². The lowest BCUT2D eigenvalue weighted by Gasteiger charge is -2.06. The molecule has 0 bridgehead atoms. The maximum Gasteiger partial charge on any atom is 0.279 e. The van der Waals surface area contributed by atoms with Crippen molar-refractivity contribution in [3.63, 3.8) is 0 Å². The van der Waals surface area contributed by atoms with E-state index in [0.29, 0.717) is 27.4 Å². The average Bonchev–Trinajstić information content (AvgIpc) is 3.18. The Morgan fingerprint density at radius 1 is 1.06 bits per heavy atom. The molecule has 12 heteroatoms. The number of hydrogen-bond donors (Lipinski definition) is 1. The van der Waals surface area contributed by atoms with E-state index in [1.807, 2.05) is 0 Å². The van der Waals surface area contributed by atoms with Crippen molar-refractivity contribution in [3.05, 3.63) is 89.4 Å². The summed E-state index contributed by atoms with van der Waals surface area (Å²) in [5, 5.41) is 25.5. The van der Waals surface area contributed by atoms with Gasteiger partial charge in [-0.05, 0) is 43.3 Å². The Labute approximate surface area is 198 Å². The molecule has 0 aliphatic carbocycles. The zero-order valence-corrected chi connectivity index (χ0v) is 19.0. The molecular formula is C21H12BrClN4O6. The molecule has 1 heterocycles. The molecule has 0 fully saturated rings. The monoisotopic (exact) mass is 530 g/mol. The van der Waals surface area contributed by atoms with Crippen molar-refractivity contribution in [2.24, 2.45) is 0 Å². The second kappa shape index (κ2) is 8.60. The summed E-state index contributed by atoms with van der Waals surface area (Å²) in [6, 6.07) is 11.9. The van der Waals surface area contributed by atoms with Gasteiger partial charge >= 0.3 is 0 Å². The highest BCUT2D eigenvalue weighted by Gasteiger charge is 2.25. The van der Waals surface area contributed by atoms with Gasteiger partial charge in [-0.25, -0.2) is 4.98 Å². The second-order valence-corrected chi connectivity index (χ2v) is 8.26. The SMILES string of the molecule is Cc1c([N+](=O)[O-])cc(C(=O)Nc2ccc3oc(-c4cc(Br)ccc4Cl)nc3c2)cc1[N+](=O)[O-]. The van der Waals surface area contributed by atoms with E-state index in [9.17, 15) is 25.0 Å². The molecule has 1 amide bonds. The number of anilines is 1. The summed E-state index contributed by atoms with van der Waals surface area (Å²) in [5.41, 5.74) is 0.380. The molecule has 3 aromatic carbocycles. The molecule has 0 aliphatic rings. The fourth-order valence-electron chi connectivity index (χ4n) is 3.18. The third-order valence-corrected chi connectivity index (χ3v) is 5.64. The number of amides is 1. The molecule has 0 saturated carbocycles. The Hall–Kier alpha value is -3.83. The number of fused-ring (bicyclic) bond motifs is 1. The minimum Gasteiger partial charge on any atom is -0.436 e. The fourth-order valence-corrected chi connectivity index (χ4v) is 3.74. The van der Waals surface area contributed by atoms with E-state index in [2.05, 4.69) is 26.2 Å². The summed E-state index contributed by atoms with van der Waals surface area (Å²) in [6.07, 6.45) is 0. The molecule has 0 saturated heterocycles.